The van der Waals surface area contributed by atoms with E-state index in [2.05, 4.69) is 47.6 Å². The number of primary amides is 1. The molecule has 0 heterocycles. The van der Waals surface area contributed by atoms with Gasteiger partial charge in [0.25, 0.3) is 0 Å². The number of ketones is 1. The quantitative estimate of drug-likeness (QED) is 0.540. The summed E-state index contributed by atoms with van der Waals surface area (Å²) in [5, 5.41) is 20.6. The highest BCUT2D eigenvalue weighted by molar-refractivity contribution is 5.88. The number of hydrogen-bond donors (Lipinski definition) is 2. The van der Waals surface area contributed by atoms with Crippen LogP contribution in [0.15, 0.2) is 11.6 Å². The highest BCUT2D eigenvalue weighted by Gasteiger charge is 2.72. The largest absolute Gasteiger partial charge is 0.387 e. The molecule has 0 aromatic rings. The van der Waals surface area contributed by atoms with Crippen molar-refractivity contribution in [3.05, 3.63) is 11.6 Å². The van der Waals surface area contributed by atoms with Gasteiger partial charge in [0.1, 0.15) is 5.78 Å². The van der Waals surface area contributed by atoms with Crippen molar-refractivity contribution in [3.8, 4) is 6.07 Å². The number of nitrogens with two attached hydrogens (primary N) is 1. The van der Waals surface area contributed by atoms with Gasteiger partial charge in [-0.25, -0.2) is 0 Å². The summed E-state index contributed by atoms with van der Waals surface area (Å²) in [6.45, 7) is 13.6. The Morgan fingerprint density at radius 2 is 1.71 bits per heavy atom. The Bertz CT molecular complexity index is 1040. The maximum absolute atomic E-state index is 14.3. The Kier molecular flexibility index (Phi) is 5.31. The van der Waals surface area contributed by atoms with E-state index >= 15 is 0 Å². The van der Waals surface area contributed by atoms with Crippen LogP contribution in [0.5, 0.6) is 0 Å². The van der Waals surface area contributed by atoms with Crippen molar-refractivity contribution in [1.82, 2.24) is 0 Å². The normalized spacial score (nSPS) is 52.6. The summed E-state index contributed by atoms with van der Waals surface area (Å²) >= 11 is 0. The van der Waals surface area contributed by atoms with Crippen LogP contribution in [0.1, 0.15) is 92.9 Å². The summed E-state index contributed by atoms with van der Waals surface area (Å²) in [6, 6.07) is 2.27. The van der Waals surface area contributed by atoms with E-state index in [1.807, 2.05) is 6.08 Å². The fourth-order valence-electron chi connectivity index (χ4n) is 10.5. The molecular weight excluding hydrogens is 436 g/mol. The van der Waals surface area contributed by atoms with Gasteiger partial charge in [0.2, 0.25) is 5.91 Å². The summed E-state index contributed by atoms with van der Waals surface area (Å²) < 4.78 is 0. The second-order valence-corrected chi connectivity index (χ2v) is 14.6. The van der Waals surface area contributed by atoms with E-state index in [9.17, 15) is 20.0 Å². The Morgan fingerprint density at radius 1 is 1.06 bits per heavy atom. The number of aliphatic hydroxyl groups excluding tert-OH is 1. The molecule has 5 aliphatic carbocycles. The van der Waals surface area contributed by atoms with Crippen LogP contribution in [0.4, 0.5) is 0 Å². The maximum Gasteiger partial charge on any atom is 0.223 e. The molecule has 5 nitrogen and oxygen atoms in total. The number of nitriles is 1. The highest BCUT2D eigenvalue weighted by Crippen LogP contribution is 2.75. The van der Waals surface area contributed by atoms with E-state index in [0.29, 0.717) is 17.8 Å². The molecule has 0 aromatic carbocycles. The van der Waals surface area contributed by atoms with Gasteiger partial charge >= 0.3 is 0 Å². The summed E-state index contributed by atoms with van der Waals surface area (Å²) in [4.78, 5) is 27.3. The van der Waals surface area contributed by atoms with Crippen LogP contribution in [0.3, 0.4) is 0 Å². The average Bonchev–Trinajstić information content (AvgIpc) is 2.77. The van der Waals surface area contributed by atoms with Crippen molar-refractivity contribution in [1.29, 1.82) is 5.26 Å². The van der Waals surface area contributed by atoms with Gasteiger partial charge in [0, 0.05) is 12.3 Å². The van der Waals surface area contributed by atoms with Crippen molar-refractivity contribution < 1.29 is 14.7 Å². The number of hydrogen-bond acceptors (Lipinski definition) is 4. The molecule has 4 saturated carbocycles. The van der Waals surface area contributed by atoms with Gasteiger partial charge in [-0.3, -0.25) is 9.59 Å². The summed E-state index contributed by atoms with van der Waals surface area (Å²) in [5.74, 6) is 0.341. The SMILES string of the molecule is CC1C(O)C(C#N)=CC2(C)C1CCC1(C)C2CC(=O)C2C3CC(C)(C)CCC3(C(N)=O)CCC21C. The molecule has 3 N–H and O–H groups in total. The van der Waals surface area contributed by atoms with Gasteiger partial charge in [-0.05, 0) is 90.3 Å². The van der Waals surface area contributed by atoms with Crippen LogP contribution in [0.2, 0.25) is 0 Å². The second kappa shape index (κ2) is 7.44. The maximum atomic E-state index is 14.3. The van der Waals surface area contributed by atoms with Crippen molar-refractivity contribution in [2.24, 2.45) is 62.4 Å². The molecule has 10 unspecified atom stereocenters. The molecule has 5 heteroatoms. The minimum absolute atomic E-state index is 0.00200. The van der Waals surface area contributed by atoms with Crippen molar-refractivity contribution in [3.63, 3.8) is 0 Å². The Labute approximate surface area is 210 Å². The first kappa shape index (κ1) is 25.0. The first-order chi connectivity index (χ1) is 16.2. The molecule has 0 radical (unpaired) electrons. The van der Waals surface area contributed by atoms with E-state index in [-0.39, 0.29) is 57.2 Å². The molecule has 5 rings (SSSR count). The Morgan fingerprint density at radius 3 is 2.34 bits per heavy atom. The monoisotopic (exact) mass is 480 g/mol. The lowest BCUT2D eigenvalue weighted by molar-refractivity contribution is -0.220. The third kappa shape index (κ3) is 3.01. The zero-order valence-corrected chi connectivity index (χ0v) is 22.5. The molecule has 10 atom stereocenters. The first-order valence-electron chi connectivity index (χ1n) is 13.8. The molecule has 5 aliphatic rings. The van der Waals surface area contributed by atoms with E-state index < -0.39 is 11.5 Å². The van der Waals surface area contributed by atoms with Gasteiger partial charge in [0.05, 0.1) is 23.2 Å². The van der Waals surface area contributed by atoms with Crippen molar-refractivity contribution >= 4 is 11.7 Å². The van der Waals surface area contributed by atoms with Gasteiger partial charge in [-0.15, -0.1) is 0 Å². The smallest absolute Gasteiger partial charge is 0.223 e. The number of fused-ring (bicyclic) bond motifs is 7. The van der Waals surface area contributed by atoms with Crippen molar-refractivity contribution in [2.75, 3.05) is 0 Å². The highest BCUT2D eigenvalue weighted by atomic mass is 16.3. The van der Waals surface area contributed by atoms with Crippen molar-refractivity contribution in [2.45, 2.75) is 99.0 Å². The molecule has 0 saturated heterocycles. The zero-order valence-electron chi connectivity index (χ0n) is 22.5. The lowest BCUT2D eigenvalue weighted by Crippen LogP contribution is -2.69. The minimum Gasteiger partial charge on any atom is -0.387 e. The number of rotatable bonds is 1. The van der Waals surface area contributed by atoms with E-state index in [0.717, 1.165) is 44.9 Å². The Balaban J connectivity index is 1.63. The molecule has 0 aliphatic heterocycles. The predicted octanol–water partition coefficient (Wildman–Crippen LogP) is 5.17. The fraction of sp³-hybridized carbons (Fsp3) is 0.833. The number of Topliss-reactive ketones (excluding diaryl/α,β-unsaturated/α-hetero) is 1. The topological polar surface area (TPSA) is 104 Å². The van der Waals surface area contributed by atoms with Gasteiger partial charge in [-0.1, -0.05) is 47.6 Å². The third-order valence-corrected chi connectivity index (χ3v) is 12.8. The predicted molar refractivity (Wildman–Crippen MR) is 134 cm³/mol. The summed E-state index contributed by atoms with van der Waals surface area (Å²) in [6.07, 6.45) is 8.11. The van der Waals surface area contributed by atoms with Crippen LogP contribution in [0.25, 0.3) is 0 Å². The van der Waals surface area contributed by atoms with Crippen LogP contribution in [-0.4, -0.2) is 22.9 Å². The molecule has 0 bridgehead atoms. The lowest BCUT2D eigenvalue weighted by atomic mass is 9.32. The zero-order chi connectivity index (χ0) is 25.8. The van der Waals surface area contributed by atoms with E-state index in [1.54, 1.807) is 0 Å². The molecule has 0 spiro atoms. The number of amides is 1. The van der Waals surface area contributed by atoms with Crippen LogP contribution < -0.4 is 5.73 Å². The number of carbonyl (C=O) groups is 2. The van der Waals surface area contributed by atoms with Gasteiger partial charge in [0.15, 0.2) is 0 Å². The molecule has 1 amide bonds. The van der Waals surface area contributed by atoms with E-state index in [1.165, 1.54) is 0 Å². The second-order valence-electron chi connectivity index (χ2n) is 14.6. The number of nitrogens with zero attached hydrogens (tertiary/aromatic N) is 1. The third-order valence-electron chi connectivity index (χ3n) is 12.8. The standard InChI is InChI=1S/C30H44N2O3/c1-17-19-7-8-28(5)22(27(19,4)14-18(16-31)24(17)34)13-21(33)23-20-15-26(2,3)9-11-30(20,25(32)35)12-10-29(23,28)6/h14,17,19-20,22-24,34H,7-13,15H2,1-6H3,(H2,32,35). The fourth-order valence-corrected chi connectivity index (χ4v) is 10.5. The van der Waals surface area contributed by atoms with E-state index in [4.69, 9.17) is 5.73 Å². The number of allylic oxidation sites excluding steroid dienone is 1. The molecule has 35 heavy (non-hydrogen) atoms. The first-order valence-corrected chi connectivity index (χ1v) is 13.8. The number of aliphatic hydroxyl groups is 1. The minimum atomic E-state index is -0.722. The number of carbonyl (C=O) groups excluding carboxylic acids is 2. The molecule has 0 aromatic heterocycles. The molecule has 4 fully saturated rings. The van der Waals surface area contributed by atoms with Crippen LogP contribution in [0, 0.1) is 68.0 Å². The van der Waals surface area contributed by atoms with Crippen LogP contribution >= 0.6 is 0 Å². The summed E-state index contributed by atoms with van der Waals surface area (Å²) in [7, 11) is 0. The van der Waals surface area contributed by atoms with Gasteiger partial charge in [-0.2, -0.15) is 5.26 Å². The molecular formula is C30H44N2O3. The van der Waals surface area contributed by atoms with Crippen LogP contribution in [-0.2, 0) is 9.59 Å². The average molecular weight is 481 g/mol. The lowest BCUT2D eigenvalue weighted by Gasteiger charge is -2.71. The summed E-state index contributed by atoms with van der Waals surface area (Å²) in [5.41, 5.74) is 5.54. The Hall–Kier alpha value is -1.67. The van der Waals surface area contributed by atoms with Gasteiger partial charge < -0.3 is 10.8 Å². The molecule has 192 valence electrons.